The first-order chi connectivity index (χ1) is 9.83. The smallest absolute Gasteiger partial charge is 0.0741 e. The number of rotatable bonds is 3. The molecule has 2 heterocycles. The fourth-order valence-corrected chi connectivity index (χ4v) is 5.24. The average molecular weight is 279 g/mol. The Labute approximate surface area is 122 Å². The summed E-state index contributed by atoms with van der Waals surface area (Å²) in [6.07, 6.45) is 10.6. The molecule has 114 valence electrons. The highest BCUT2D eigenvalue weighted by atomic mass is 16.5. The zero-order valence-electron chi connectivity index (χ0n) is 12.6. The van der Waals surface area contributed by atoms with Crippen LogP contribution in [0.15, 0.2) is 0 Å². The number of hydrogen-bond donors (Lipinski definition) is 1. The van der Waals surface area contributed by atoms with Crippen LogP contribution in [0.4, 0.5) is 0 Å². The van der Waals surface area contributed by atoms with Crippen LogP contribution in [0, 0.1) is 17.8 Å². The molecule has 2 saturated carbocycles. The van der Waals surface area contributed by atoms with E-state index < -0.39 is 0 Å². The van der Waals surface area contributed by atoms with Crippen LogP contribution >= 0.6 is 0 Å². The maximum atomic E-state index is 6.14. The van der Waals surface area contributed by atoms with Gasteiger partial charge in [-0.1, -0.05) is 6.42 Å². The Balaban J connectivity index is 1.28. The molecule has 3 heteroatoms. The van der Waals surface area contributed by atoms with E-state index in [4.69, 9.17) is 9.47 Å². The third kappa shape index (κ3) is 2.65. The van der Waals surface area contributed by atoms with Crippen LogP contribution in [0.25, 0.3) is 0 Å². The van der Waals surface area contributed by atoms with Gasteiger partial charge in [0.25, 0.3) is 0 Å². The Morgan fingerprint density at radius 3 is 2.65 bits per heavy atom. The predicted octanol–water partition coefficient (Wildman–Crippen LogP) is 2.74. The zero-order chi connectivity index (χ0) is 13.4. The molecule has 3 nitrogen and oxygen atoms in total. The van der Waals surface area contributed by atoms with Gasteiger partial charge in [0.15, 0.2) is 0 Å². The molecule has 4 unspecified atom stereocenters. The van der Waals surface area contributed by atoms with Gasteiger partial charge in [0.05, 0.1) is 5.60 Å². The highest BCUT2D eigenvalue weighted by Gasteiger charge is 2.41. The van der Waals surface area contributed by atoms with Crippen molar-refractivity contribution in [1.29, 1.82) is 0 Å². The second kappa shape index (κ2) is 5.58. The highest BCUT2D eigenvalue weighted by Crippen LogP contribution is 2.48. The van der Waals surface area contributed by atoms with Gasteiger partial charge in [-0.15, -0.1) is 0 Å². The Hall–Kier alpha value is -0.120. The van der Waals surface area contributed by atoms with Gasteiger partial charge in [-0.3, -0.25) is 0 Å². The average Bonchev–Trinajstić information content (AvgIpc) is 3.09. The Bertz CT molecular complexity index is 334. The summed E-state index contributed by atoms with van der Waals surface area (Å²) in [6, 6.07) is 0.681. The van der Waals surface area contributed by atoms with Crippen LogP contribution in [0.3, 0.4) is 0 Å². The number of fused-ring (bicyclic) bond motifs is 2. The molecule has 0 radical (unpaired) electrons. The fraction of sp³-hybridized carbons (Fsp3) is 1.00. The monoisotopic (exact) mass is 279 g/mol. The molecule has 4 aliphatic rings. The van der Waals surface area contributed by atoms with Gasteiger partial charge >= 0.3 is 0 Å². The lowest BCUT2D eigenvalue weighted by molar-refractivity contribution is -0.140. The van der Waals surface area contributed by atoms with E-state index >= 15 is 0 Å². The maximum Gasteiger partial charge on any atom is 0.0741 e. The van der Waals surface area contributed by atoms with Crippen LogP contribution < -0.4 is 5.32 Å². The molecule has 4 fully saturated rings. The lowest BCUT2D eigenvalue weighted by Gasteiger charge is -2.44. The van der Waals surface area contributed by atoms with E-state index in [1.54, 1.807) is 0 Å². The second-order valence-electron chi connectivity index (χ2n) is 7.68. The summed E-state index contributed by atoms with van der Waals surface area (Å²) in [5.74, 6) is 3.09. The first-order valence-corrected chi connectivity index (χ1v) is 8.78. The molecule has 2 aliphatic carbocycles. The molecule has 0 aromatic heterocycles. The zero-order valence-corrected chi connectivity index (χ0v) is 12.6. The summed E-state index contributed by atoms with van der Waals surface area (Å²) in [5.41, 5.74) is 0.142. The van der Waals surface area contributed by atoms with E-state index in [1.165, 1.54) is 45.1 Å². The molecular weight excluding hydrogens is 250 g/mol. The van der Waals surface area contributed by atoms with Crippen molar-refractivity contribution < 1.29 is 9.47 Å². The van der Waals surface area contributed by atoms with E-state index in [0.29, 0.717) is 6.04 Å². The summed E-state index contributed by atoms with van der Waals surface area (Å²) in [6.45, 7) is 3.98. The Morgan fingerprint density at radius 2 is 1.90 bits per heavy atom. The molecule has 2 saturated heterocycles. The fourth-order valence-electron chi connectivity index (χ4n) is 5.24. The van der Waals surface area contributed by atoms with E-state index in [1.807, 2.05) is 0 Å². The van der Waals surface area contributed by atoms with E-state index in [9.17, 15) is 0 Å². The Kier molecular flexibility index (Phi) is 3.78. The standard InChI is InChI=1S/C17H29NO2/c1-2-14-9-13(1)10-15(14)12-18-16-3-6-20-17(11-16)4-7-19-8-5-17/h13-16,18H,1-12H2. The lowest BCUT2D eigenvalue weighted by Crippen LogP contribution is -2.50. The molecule has 1 N–H and O–H groups in total. The van der Waals surface area contributed by atoms with Crippen molar-refractivity contribution in [2.75, 3.05) is 26.4 Å². The second-order valence-corrected chi connectivity index (χ2v) is 7.68. The molecule has 0 amide bonds. The van der Waals surface area contributed by atoms with Crippen molar-refractivity contribution in [3.8, 4) is 0 Å². The first kappa shape index (κ1) is 13.5. The van der Waals surface area contributed by atoms with Gasteiger partial charge in [-0.05, 0) is 69.2 Å². The van der Waals surface area contributed by atoms with Gasteiger partial charge < -0.3 is 14.8 Å². The van der Waals surface area contributed by atoms with Gasteiger partial charge in [0, 0.05) is 25.9 Å². The maximum absolute atomic E-state index is 6.14. The first-order valence-electron chi connectivity index (χ1n) is 8.78. The van der Waals surface area contributed by atoms with Crippen molar-refractivity contribution >= 4 is 0 Å². The molecule has 4 atom stereocenters. The SMILES string of the molecule is C1CC2(CCO1)CC(NCC1CC3CCC1C3)CCO2. The van der Waals surface area contributed by atoms with Crippen molar-refractivity contribution in [2.45, 2.75) is 63.0 Å². The quantitative estimate of drug-likeness (QED) is 0.861. The number of nitrogens with one attached hydrogen (secondary N) is 1. The predicted molar refractivity (Wildman–Crippen MR) is 78.7 cm³/mol. The van der Waals surface area contributed by atoms with Gasteiger partial charge in [-0.25, -0.2) is 0 Å². The highest BCUT2D eigenvalue weighted by molar-refractivity contribution is 4.94. The van der Waals surface area contributed by atoms with Gasteiger partial charge in [0.2, 0.25) is 0 Å². The third-order valence-electron chi connectivity index (χ3n) is 6.45. The lowest BCUT2D eigenvalue weighted by atomic mass is 9.83. The van der Waals surface area contributed by atoms with Crippen molar-refractivity contribution in [1.82, 2.24) is 5.32 Å². The van der Waals surface area contributed by atoms with Crippen LogP contribution in [-0.4, -0.2) is 38.0 Å². The Morgan fingerprint density at radius 1 is 1.00 bits per heavy atom. The molecule has 0 aromatic rings. The number of ether oxygens (including phenoxy) is 2. The summed E-state index contributed by atoms with van der Waals surface area (Å²) >= 11 is 0. The third-order valence-corrected chi connectivity index (χ3v) is 6.45. The topological polar surface area (TPSA) is 30.5 Å². The minimum absolute atomic E-state index is 0.142. The molecule has 2 bridgehead atoms. The largest absolute Gasteiger partial charge is 0.381 e. The number of hydrogen-bond acceptors (Lipinski definition) is 3. The van der Waals surface area contributed by atoms with E-state index in [0.717, 1.165) is 50.4 Å². The van der Waals surface area contributed by atoms with Crippen molar-refractivity contribution in [3.63, 3.8) is 0 Å². The summed E-state index contributed by atoms with van der Waals surface area (Å²) in [7, 11) is 0. The van der Waals surface area contributed by atoms with Gasteiger partial charge in [-0.2, -0.15) is 0 Å². The molecular formula is C17H29NO2. The molecule has 0 aromatic carbocycles. The van der Waals surface area contributed by atoms with Crippen LogP contribution in [0.1, 0.15) is 51.4 Å². The van der Waals surface area contributed by atoms with E-state index in [2.05, 4.69) is 5.32 Å². The van der Waals surface area contributed by atoms with Gasteiger partial charge in [0.1, 0.15) is 0 Å². The van der Waals surface area contributed by atoms with Crippen LogP contribution in [0.5, 0.6) is 0 Å². The van der Waals surface area contributed by atoms with Crippen LogP contribution in [-0.2, 0) is 9.47 Å². The minimum Gasteiger partial charge on any atom is -0.381 e. The molecule has 2 aliphatic heterocycles. The minimum atomic E-state index is 0.142. The van der Waals surface area contributed by atoms with Crippen molar-refractivity contribution in [3.05, 3.63) is 0 Å². The normalized spacial score (nSPS) is 43.2. The molecule has 4 rings (SSSR count). The summed E-state index contributed by atoms with van der Waals surface area (Å²) < 4.78 is 11.6. The van der Waals surface area contributed by atoms with Crippen molar-refractivity contribution in [2.24, 2.45) is 17.8 Å². The molecule has 1 spiro atoms. The summed E-state index contributed by atoms with van der Waals surface area (Å²) in [5, 5.41) is 3.90. The van der Waals surface area contributed by atoms with E-state index in [-0.39, 0.29) is 5.60 Å². The van der Waals surface area contributed by atoms with Crippen LogP contribution in [0.2, 0.25) is 0 Å². The molecule has 20 heavy (non-hydrogen) atoms. The summed E-state index contributed by atoms with van der Waals surface area (Å²) in [4.78, 5) is 0.